The third-order valence-corrected chi connectivity index (χ3v) is 4.53. The van der Waals surface area contributed by atoms with Gasteiger partial charge in [-0.1, -0.05) is 41.9 Å². The van der Waals surface area contributed by atoms with Crippen LogP contribution in [0.25, 0.3) is 6.08 Å². The molecule has 0 aliphatic carbocycles. The first-order valence-electron chi connectivity index (χ1n) is 8.97. The van der Waals surface area contributed by atoms with Gasteiger partial charge in [-0.25, -0.2) is 0 Å². The zero-order valence-electron chi connectivity index (χ0n) is 15.7. The number of carbonyl (C=O) groups is 2. The molecule has 3 aromatic rings. The van der Waals surface area contributed by atoms with Crippen LogP contribution in [0.1, 0.15) is 21.7 Å². The number of rotatable bonds is 6. The van der Waals surface area contributed by atoms with Crippen molar-refractivity contribution in [3.8, 4) is 0 Å². The summed E-state index contributed by atoms with van der Waals surface area (Å²) in [5.74, 6) is -0.0868. The first-order chi connectivity index (χ1) is 14.5. The van der Waals surface area contributed by atoms with Crippen LogP contribution < -0.4 is 16.0 Å². The van der Waals surface area contributed by atoms with Crippen molar-refractivity contribution < 1.29 is 14.0 Å². The van der Waals surface area contributed by atoms with Crippen LogP contribution in [0.2, 0.25) is 5.02 Å². The molecule has 1 aromatic heterocycles. The molecule has 0 spiro atoms. The lowest BCUT2D eigenvalue weighted by atomic mass is 10.1. The summed E-state index contributed by atoms with van der Waals surface area (Å²) in [6.45, 7) is 0.258. The highest BCUT2D eigenvalue weighted by Crippen LogP contribution is 2.17. The average Bonchev–Trinajstić information content (AvgIpc) is 3.25. The molecule has 0 bridgehead atoms. The quantitative estimate of drug-likeness (QED) is 0.392. The molecule has 0 saturated heterocycles. The zero-order valence-corrected chi connectivity index (χ0v) is 17.3. The molecule has 6 nitrogen and oxygen atoms in total. The Balaban J connectivity index is 1.59. The van der Waals surface area contributed by atoms with Crippen molar-refractivity contribution in [1.82, 2.24) is 10.6 Å². The van der Waals surface area contributed by atoms with E-state index in [9.17, 15) is 9.59 Å². The molecule has 0 aliphatic heterocycles. The summed E-state index contributed by atoms with van der Waals surface area (Å²) < 4.78 is 5.21. The van der Waals surface area contributed by atoms with Gasteiger partial charge in [0, 0.05) is 11.1 Å². The molecule has 2 amide bonds. The number of nitrogens with one attached hydrogen (secondary N) is 3. The second-order valence-corrected chi connectivity index (χ2v) is 6.92. The van der Waals surface area contributed by atoms with Crippen molar-refractivity contribution >= 4 is 52.5 Å². The molecule has 2 aromatic carbocycles. The van der Waals surface area contributed by atoms with Gasteiger partial charge >= 0.3 is 0 Å². The Labute approximate surface area is 183 Å². The van der Waals surface area contributed by atoms with E-state index < -0.39 is 5.91 Å². The molecular formula is C22H18ClN3O3S. The number of benzene rings is 2. The molecule has 0 radical (unpaired) electrons. The van der Waals surface area contributed by atoms with Crippen LogP contribution in [-0.2, 0) is 11.3 Å². The summed E-state index contributed by atoms with van der Waals surface area (Å²) in [5.41, 5.74) is 1.56. The number of thiocarbonyl (C=S) groups is 1. The predicted octanol–water partition coefficient (Wildman–Crippen LogP) is 4.39. The maximum Gasteiger partial charge on any atom is 0.253 e. The fourth-order valence-electron chi connectivity index (χ4n) is 2.55. The Morgan fingerprint density at radius 3 is 2.57 bits per heavy atom. The number of hydrogen-bond donors (Lipinski definition) is 3. The van der Waals surface area contributed by atoms with Gasteiger partial charge in [-0.05, 0) is 54.2 Å². The van der Waals surface area contributed by atoms with Gasteiger partial charge in [0.05, 0.1) is 24.1 Å². The van der Waals surface area contributed by atoms with E-state index in [-0.39, 0.29) is 17.6 Å². The van der Waals surface area contributed by atoms with E-state index >= 15 is 0 Å². The number of furan rings is 1. The second-order valence-electron chi connectivity index (χ2n) is 6.11. The third kappa shape index (κ3) is 6.04. The summed E-state index contributed by atoms with van der Waals surface area (Å²) in [4.78, 5) is 24.6. The Morgan fingerprint density at radius 2 is 1.80 bits per heavy atom. The summed E-state index contributed by atoms with van der Waals surface area (Å²) in [5, 5.41) is 8.80. The molecule has 0 atom stereocenters. The monoisotopic (exact) mass is 439 g/mol. The number of anilines is 1. The maximum atomic E-state index is 12.5. The first-order valence-corrected chi connectivity index (χ1v) is 9.76. The van der Waals surface area contributed by atoms with Crippen molar-refractivity contribution in [2.45, 2.75) is 6.54 Å². The summed E-state index contributed by atoms with van der Waals surface area (Å²) in [6.07, 6.45) is 4.46. The molecule has 3 rings (SSSR count). The summed E-state index contributed by atoms with van der Waals surface area (Å²) in [7, 11) is 0. The molecule has 0 saturated carbocycles. The van der Waals surface area contributed by atoms with Gasteiger partial charge in [0.2, 0.25) is 5.91 Å². The van der Waals surface area contributed by atoms with Crippen LogP contribution in [0.4, 0.5) is 5.69 Å². The van der Waals surface area contributed by atoms with Crippen molar-refractivity contribution in [3.63, 3.8) is 0 Å². The summed E-state index contributed by atoms with van der Waals surface area (Å²) >= 11 is 11.3. The minimum absolute atomic E-state index is 0.0649. The highest BCUT2D eigenvalue weighted by atomic mass is 35.5. The Kier molecular flexibility index (Phi) is 7.37. The van der Waals surface area contributed by atoms with E-state index in [0.717, 1.165) is 0 Å². The number of para-hydroxylation sites is 1. The van der Waals surface area contributed by atoms with E-state index in [4.69, 9.17) is 28.2 Å². The molecule has 0 fully saturated rings. The van der Waals surface area contributed by atoms with Crippen molar-refractivity contribution in [2.24, 2.45) is 0 Å². The fourth-order valence-corrected chi connectivity index (χ4v) is 2.96. The highest BCUT2D eigenvalue weighted by molar-refractivity contribution is 7.80. The zero-order chi connectivity index (χ0) is 21.3. The molecule has 30 heavy (non-hydrogen) atoms. The molecule has 1 heterocycles. The lowest BCUT2D eigenvalue weighted by Gasteiger charge is -2.12. The highest BCUT2D eigenvalue weighted by Gasteiger charge is 2.13. The smallest absolute Gasteiger partial charge is 0.253 e. The Bertz CT molecular complexity index is 1080. The molecule has 3 N–H and O–H groups in total. The topological polar surface area (TPSA) is 83.4 Å². The minimum Gasteiger partial charge on any atom is -0.467 e. The van der Waals surface area contributed by atoms with Gasteiger partial charge in [-0.2, -0.15) is 0 Å². The maximum absolute atomic E-state index is 12.5. The first kappa shape index (κ1) is 21.3. The lowest BCUT2D eigenvalue weighted by Crippen LogP contribution is -2.33. The predicted molar refractivity (Wildman–Crippen MR) is 121 cm³/mol. The third-order valence-electron chi connectivity index (χ3n) is 3.98. The molecule has 8 heteroatoms. The minimum atomic E-state index is -0.424. The Morgan fingerprint density at radius 1 is 1.03 bits per heavy atom. The molecule has 152 valence electrons. The average molecular weight is 440 g/mol. The largest absolute Gasteiger partial charge is 0.467 e. The van der Waals surface area contributed by atoms with E-state index in [1.54, 1.807) is 60.7 Å². The normalized spacial score (nSPS) is 10.6. The standard InChI is InChI=1S/C22H18ClN3O3S/c23-18-9-3-1-6-15(18)11-12-20(27)26-22(30)25-19-10-4-2-8-17(19)21(28)24-14-16-7-5-13-29-16/h1-13H,14H2,(H,24,28)(H2,25,26,27,30). The van der Waals surface area contributed by atoms with Crippen LogP contribution in [-0.4, -0.2) is 16.9 Å². The SMILES string of the molecule is O=C(C=Cc1ccccc1Cl)NC(=S)Nc1ccccc1C(=O)NCc1ccco1. The van der Waals surface area contributed by atoms with Crippen molar-refractivity contribution in [2.75, 3.05) is 5.32 Å². The van der Waals surface area contributed by atoms with Gasteiger partial charge in [-0.3, -0.25) is 14.9 Å². The second kappa shape index (κ2) is 10.4. The number of halogens is 1. The van der Waals surface area contributed by atoms with Gasteiger partial charge in [0.15, 0.2) is 5.11 Å². The molecule has 0 aliphatic rings. The molecule has 0 unspecified atom stereocenters. The summed E-state index contributed by atoms with van der Waals surface area (Å²) in [6, 6.07) is 17.5. The van der Waals surface area contributed by atoms with E-state index in [0.29, 0.717) is 27.6 Å². The number of hydrogen-bond acceptors (Lipinski definition) is 4. The van der Waals surface area contributed by atoms with Crippen molar-refractivity contribution in [3.05, 3.63) is 94.9 Å². The number of carbonyl (C=O) groups excluding carboxylic acids is 2. The van der Waals surface area contributed by atoms with Gasteiger partial charge < -0.3 is 15.1 Å². The van der Waals surface area contributed by atoms with Crippen LogP contribution in [0, 0.1) is 0 Å². The molecular weight excluding hydrogens is 422 g/mol. The van der Waals surface area contributed by atoms with Gasteiger partial charge in [0.1, 0.15) is 5.76 Å². The van der Waals surface area contributed by atoms with Gasteiger partial charge in [-0.15, -0.1) is 0 Å². The van der Waals surface area contributed by atoms with Crippen LogP contribution in [0.3, 0.4) is 0 Å². The van der Waals surface area contributed by atoms with E-state index in [2.05, 4.69) is 16.0 Å². The van der Waals surface area contributed by atoms with Crippen LogP contribution in [0.5, 0.6) is 0 Å². The van der Waals surface area contributed by atoms with Crippen LogP contribution >= 0.6 is 23.8 Å². The van der Waals surface area contributed by atoms with Crippen LogP contribution in [0.15, 0.2) is 77.4 Å². The van der Waals surface area contributed by atoms with E-state index in [1.165, 1.54) is 12.3 Å². The van der Waals surface area contributed by atoms with E-state index in [1.807, 2.05) is 6.07 Å². The fraction of sp³-hybridized carbons (Fsp3) is 0.0455. The Hall–Kier alpha value is -3.42. The number of amides is 2. The van der Waals surface area contributed by atoms with Gasteiger partial charge in [0.25, 0.3) is 5.91 Å². The lowest BCUT2D eigenvalue weighted by molar-refractivity contribution is -0.115. The van der Waals surface area contributed by atoms with Crippen molar-refractivity contribution in [1.29, 1.82) is 0 Å².